The van der Waals surface area contributed by atoms with Crippen LogP contribution in [0.3, 0.4) is 0 Å². The Hall–Kier alpha value is -1.43. The molecule has 0 bridgehead atoms. The van der Waals surface area contributed by atoms with Crippen molar-refractivity contribution in [1.29, 1.82) is 0 Å². The van der Waals surface area contributed by atoms with E-state index in [0.29, 0.717) is 30.1 Å². The van der Waals surface area contributed by atoms with Crippen molar-refractivity contribution in [3.8, 4) is 0 Å². The highest BCUT2D eigenvalue weighted by molar-refractivity contribution is 7.13. The largest absolute Gasteiger partial charge is 0.334 e. The molecule has 98 valence electrons. The first kappa shape index (κ1) is 13.0. The van der Waals surface area contributed by atoms with Gasteiger partial charge in [0.15, 0.2) is 5.13 Å². The summed E-state index contributed by atoms with van der Waals surface area (Å²) in [4.78, 5) is 29.4. The van der Waals surface area contributed by atoms with Gasteiger partial charge in [0.05, 0.1) is 0 Å². The van der Waals surface area contributed by atoms with Gasteiger partial charge in [0, 0.05) is 24.7 Å². The minimum absolute atomic E-state index is 0.449. The van der Waals surface area contributed by atoms with Crippen LogP contribution in [-0.4, -0.2) is 34.8 Å². The molecule has 1 N–H and O–H groups in total. The van der Waals surface area contributed by atoms with Crippen molar-refractivity contribution in [2.45, 2.75) is 20.3 Å². The number of carbonyl (C=O) groups is 2. The third kappa shape index (κ3) is 3.07. The van der Waals surface area contributed by atoms with Crippen LogP contribution in [0.4, 0.5) is 5.13 Å². The van der Waals surface area contributed by atoms with Crippen molar-refractivity contribution in [2.24, 2.45) is 11.8 Å². The number of anilines is 1. The Morgan fingerprint density at radius 2 is 2.06 bits per heavy atom. The zero-order valence-corrected chi connectivity index (χ0v) is 11.4. The SMILES string of the molecule is CC1CC(C)CN(C(=O)C(=O)Nc2nccs2)C1. The topological polar surface area (TPSA) is 62.3 Å². The summed E-state index contributed by atoms with van der Waals surface area (Å²) in [5, 5.41) is 4.75. The number of hydrogen-bond donors (Lipinski definition) is 1. The summed E-state index contributed by atoms with van der Waals surface area (Å²) in [6, 6.07) is 0. The van der Waals surface area contributed by atoms with Gasteiger partial charge in [-0.1, -0.05) is 13.8 Å². The Morgan fingerprint density at radius 1 is 1.39 bits per heavy atom. The second kappa shape index (κ2) is 5.48. The lowest BCUT2D eigenvalue weighted by Crippen LogP contribution is -2.47. The Bertz CT molecular complexity index is 423. The number of nitrogens with one attached hydrogen (secondary N) is 1. The fourth-order valence-corrected chi connectivity index (χ4v) is 2.93. The van der Waals surface area contributed by atoms with Crippen molar-refractivity contribution in [3.63, 3.8) is 0 Å². The summed E-state index contributed by atoms with van der Waals surface area (Å²) in [5.41, 5.74) is 0. The van der Waals surface area contributed by atoms with Gasteiger partial charge in [-0.3, -0.25) is 14.9 Å². The summed E-state index contributed by atoms with van der Waals surface area (Å²) < 4.78 is 0. The third-order valence-electron chi connectivity index (χ3n) is 3.00. The van der Waals surface area contributed by atoms with E-state index in [2.05, 4.69) is 24.1 Å². The second-order valence-electron chi connectivity index (χ2n) is 4.95. The van der Waals surface area contributed by atoms with Crippen molar-refractivity contribution in [2.75, 3.05) is 18.4 Å². The first-order valence-corrected chi connectivity index (χ1v) is 6.94. The van der Waals surface area contributed by atoms with E-state index < -0.39 is 11.8 Å². The van der Waals surface area contributed by atoms with Gasteiger partial charge in [0.2, 0.25) is 0 Å². The molecule has 0 aliphatic carbocycles. The average molecular weight is 267 g/mol. The highest BCUT2D eigenvalue weighted by atomic mass is 32.1. The third-order valence-corrected chi connectivity index (χ3v) is 3.69. The van der Waals surface area contributed by atoms with E-state index in [1.54, 1.807) is 16.5 Å². The van der Waals surface area contributed by atoms with Crippen LogP contribution in [0.15, 0.2) is 11.6 Å². The molecule has 1 aromatic heterocycles. The monoisotopic (exact) mass is 267 g/mol. The molecule has 0 spiro atoms. The van der Waals surface area contributed by atoms with E-state index >= 15 is 0 Å². The fourth-order valence-electron chi connectivity index (χ4n) is 2.41. The molecule has 18 heavy (non-hydrogen) atoms. The van der Waals surface area contributed by atoms with E-state index in [9.17, 15) is 9.59 Å². The average Bonchev–Trinajstić information content (AvgIpc) is 2.79. The molecule has 2 rings (SSSR count). The van der Waals surface area contributed by atoms with Crippen LogP contribution in [0.2, 0.25) is 0 Å². The molecular formula is C12H17N3O2S. The number of likely N-dealkylation sites (tertiary alicyclic amines) is 1. The molecule has 1 fully saturated rings. The van der Waals surface area contributed by atoms with E-state index in [-0.39, 0.29) is 0 Å². The van der Waals surface area contributed by atoms with Crippen LogP contribution < -0.4 is 5.32 Å². The normalized spacial score (nSPS) is 23.8. The molecular weight excluding hydrogens is 250 g/mol. The number of nitrogens with zero attached hydrogens (tertiary/aromatic N) is 2. The van der Waals surface area contributed by atoms with Gasteiger partial charge in [-0.05, 0) is 18.3 Å². The Labute approximate surface area is 110 Å². The summed E-state index contributed by atoms with van der Waals surface area (Å²) >= 11 is 1.30. The van der Waals surface area contributed by atoms with E-state index in [1.165, 1.54) is 11.3 Å². The maximum atomic E-state index is 12.0. The van der Waals surface area contributed by atoms with Crippen LogP contribution in [0, 0.1) is 11.8 Å². The zero-order chi connectivity index (χ0) is 13.1. The molecule has 0 saturated carbocycles. The molecule has 2 atom stereocenters. The van der Waals surface area contributed by atoms with Crippen molar-refractivity contribution < 1.29 is 9.59 Å². The van der Waals surface area contributed by atoms with Crippen molar-refractivity contribution >= 4 is 28.3 Å². The highest BCUT2D eigenvalue weighted by Gasteiger charge is 2.29. The predicted molar refractivity (Wildman–Crippen MR) is 70.3 cm³/mol. The lowest BCUT2D eigenvalue weighted by atomic mass is 9.92. The van der Waals surface area contributed by atoms with Crippen LogP contribution in [0.5, 0.6) is 0 Å². The molecule has 2 unspecified atom stereocenters. The van der Waals surface area contributed by atoms with Crippen LogP contribution >= 0.6 is 11.3 Å². The minimum Gasteiger partial charge on any atom is -0.334 e. The lowest BCUT2D eigenvalue weighted by molar-refractivity contribution is -0.144. The van der Waals surface area contributed by atoms with Gasteiger partial charge in [-0.15, -0.1) is 11.3 Å². The number of rotatable bonds is 1. The van der Waals surface area contributed by atoms with Gasteiger partial charge in [-0.2, -0.15) is 0 Å². The maximum absolute atomic E-state index is 12.0. The first-order chi connectivity index (χ1) is 8.56. The molecule has 1 saturated heterocycles. The summed E-state index contributed by atoms with van der Waals surface area (Å²) in [6.07, 6.45) is 2.70. The Morgan fingerprint density at radius 3 is 2.61 bits per heavy atom. The highest BCUT2D eigenvalue weighted by Crippen LogP contribution is 2.21. The first-order valence-electron chi connectivity index (χ1n) is 6.06. The number of hydrogen-bond acceptors (Lipinski definition) is 4. The summed E-state index contributed by atoms with van der Waals surface area (Å²) in [7, 11) is 0. The molecule has 2 amide bonds. The van der Waals surface area contributed by atoms with Crippen LogP contribution in [0.25, 0.3) is 0 Å². The number of amides is 2. The van der Waals surface area contributed by atoms with E-state index in [1.807, 2.05) is 0 Å². The zero-order valence-electron chi connectivity index (χ0n) is 10.5. The molecule has 0 aromatic carbocycles. The molecule has 6 heteroatoms. The van der Waals surface area contributed by atoms with E-state index in [4.69, 9.17) is 0 Å². The lowest BCUT2D eigenvalue weighted by Gasteiger charge is -2.34. The standard InChI is InChI=1S/C12H17N3O2S/c1-8-5-9(2)7-15(6-8)11(17)10(16)14-12-13-3-4-18-12/h3-4,8-9H,5-7H2,1-2H3,(H,13,14,16). The maximum Gasteiger partial charge on any atom is 0.315 e. The van der Waals surface area contributed by atoms with Gasteiger partial charge < -0.3 is 4.90 Å². The smallest absolute Gasteiger partial charge is 0.315 e. The Kier molecular flexibility index (Phi) is 3.96. The summed E-state index contributed by atoms with van der Waals surface area (Å²) in [5.74, 6) is -0.148. The number of carbonyl (C=O) groups excluding carboxylic acids is 2. The quantitative estimate of drug-likeness (QED) is 0.786. The number of aromatic nitrogens is 1. The fraction of sp³-hybridized carbons (Fsp3) is 0.583. The number of thiazole rings is 1. The van der Waals surface area contributed by atoms with Crippen LogP contribution in [0.1, 0.15) is 20.3 Å². The van der Waals surface area contributed by atoms with Gasteiger partial charge in [0.25, 0.3) is 0 Å². The van der Waals surface area contributed by atoms with Crippen molar-refractivity contribution in [1.82, 2.24) is 9.88 Å². The molecule has 2 heterocycles. The van der Waals surface area contributed by atoms with Crippen molar-refractivity contribution in [3.05, 3.63) is 11.6 Å². The van der Waals surface area contributed by atoms with Gasteiger partial charge >= 0.3 is 11.8 Å². The van der Waals surface area contributed by atoms with Gasteiger partial charge in [0.1, 0.15) is 0 Å². The Balaban J connectivity index is 1.96. The summed E-state index contributed by atoms with van der Waals surface area (Å²) in [6.45, 7) is 5.53. The molecule has 0 radical (unpaired) electrons. The molecule has 5 nitrogen and oxygen atoms in total. The minimum atomic E-state index is -0.591. The predicted octanol–water partition coefficient (Wildman–Crippen LogP) is 1.59. The molecule has 1 aromatic rings. The van der Waals surface area contributed by atoms with E-state index in [0.717, 1.165) is 6.42 Å². The molecule has 1 aliphatic rings. The van der Waals surface area contributed by atoms with Crippen LogP contribution in [-0.2, 0) is 9.59 Å². The second-order valence-corrected chi connectivity index (χ2v) is 5.84. The number of piperidine rings is 1. The van der Waals surface area contributed by atoms with Gasteiger partial charge in [-0.25, -0.2) is 4.98 Å². The molecule has 1 aliphatic heterocycles.